The van der Waals surface area contributed by atoms with E-state index in [4.69, 9.17) is 18.9 Å². The van der Waals surface area contributed by atoms with Gasteiger partial charge in [-0.3, -0.25) is 0 Å². The molecule has 2 aromatic carbocycles. The van der Waals surface area contributed by atoms with Crippen LogP contribution in [0.3, 0.4) is 0 Å². The fourth-order valence-corrected chi connectivity index (χ4v) is 2.34. The highest BCUT2D eigenvalue weighted by molar-refractivity contribution is 5.82. The second kappa shape index (κ2) is 9.86. The predicted octanol–water partition coefficient (Wildman–Crippen LogP) is 5.36. The Morgan fingerprint density at radius 1 is 1.00 bits per heavy atom. The van der Waals surface area contributed by atoms with Crippen molar-refractivity contribution in [1.82, 2.24) is 0 Å². The third-order valence-electron chi connectivity index (χ3n) is 3.74. The molecular formula is C21H21F3O5. The number of carbonyl (C=O) groups is 1. The summed E-state index contributed by atoms with van der Waals surface area (Å²) >= 11 is 0. The van der Waals surface area contributed by atoms with Gasteiger partial charge in [-0.2, -0.15) is 13.2 Å². The number of esters is 1. The van der Waals surface area contributed by atoms with Crippen LogP contribution >= 0.6 is 0 Å². The largest absolute Gasteiger partial charge is 0.497 e. The number of hydrogen-bond donors (Lipinski definition) is 0. The van der Waals surface area contributed by atoms with E-state index in [9.17, 15) is 18.0 Å². The maximum Gasteiger partial charge on any atom is 0.416 e. The first-order valence-corrected chi connectivity index (χ1v) is 8.77. The molecule has 1 atom stereocenters. The van der Waals surface area contributed by atoms with Gasteiger partial charge >= 0.3 is 12.1 Å². The Kier molecular flexibility index (Phi) is 7.52. The molecule has 2 rings (SSSR count). The van der Waals surface area contributed by atoms with Crippen LogP contribution in [-0.2, 0) is 20.4 Å². The van der Waals surface area contributed by atoms with Gasteiger partial charge < -0.3 is 18.9 Å². The first kappa shape index (κ1) is 22.1. The standard InChI is InChI=1S/C21H21F3O5/c1-4-27-20(25)13-19(26-3)14(2)28-16-9-11-18(12-10-16)29-17-7-5-15(6-8-17)21(22,23)24/h5-14H,4H2,1-3H3/b19-13-. The second-order valence-electron chi connectivity index (χ2n) is 5.86. The molecule has 8 heteroatoms. The van der Waals surface area contributed by atoms with E-state index in [1.807, 2.05) is 0 Å². The molecule has 5 nitrogen and oxygen atoms in total. The molecule has 0 aliphatic carbocycles. The molecule has 156 valence electrons. The highest BCUT2D eigenvalue weighted by atomic mass is 19.4. The lowest BCUT2D eigenvalue weighted by atomic mass is 10.2. The van der Waals surface area contributed by atoms with Crippen LogP contribution < -0.4 is 9.47 Å². The maximum absolute atomic E-state index is 12.6. The van der Waals surface area contributed by atoms with Gasteiger partial charge in [0.05, 0.1) is 25.4 Å². The van der Waals surface area contributed by atoms with E-state index in [0.29, 0.717) is 17.3 Å². The zero-order valence-electron chi connectivity index (χ0n) is 16.2. The van der Waals surface area contributed by atoms with Gasteiger partial charge in [-0.1, -0.05) is 0 Å². The monoisotopic (exact) mass is 410 g/mol. The lowest BCUT2D eigenvalue weighted by Gasteiger charge is -2.17. The average Bonchev–Trinajstić information content (AvgIpc) is 2.67. The van der Waals surface area contributed by atoms with Crippen molar-refractivity contribution in [2.75, 3.05) is 13.7 Å². The molecule has 0 amide bonds. The Morgan fingerprint density at radius 2 is 1.52 bits per heavy atom. The van der Waals surface area contributed by atoms with Crippen LogP contribution in [0.25, 0.3) is 0 Å². The molecule has 0 bridgehead atoms. The van der Waals surface area contributed by atoms with Crippen LogP contribution in [0.2, 0.25) is 0 Å². The van der Waals surface area contributed by atoms with Crippen molar-refractivity contribution in [3.63, 3.8) is 0 Å². The molecule has 0 heterocycles. The molecule has 0 aliphatic heterocycles. The summed E-state index contributed by atoms with van der Waals surface area (Å²) in [5, 5.41) is 0. The summed E-state index contributed by atoms with van der Waals surface area (Å²) in [6.07, 6.45) is -3.72. The number of carbonyl (C=O) groups excluding carboxylic acids is 1. The van der Waals surface area contributed by atoms with Gasteiger partial charge in [-0.05, 0) is 62.4 Å². The van der Waals surface area contributed by atoms with Crippen LogP contribution in [0, 0.1) is 0 Å². The van der Waals surface area contributed by atoms with Gasteiger partial charge in [-0.15, -0.1) is 0 Å². The third kappa shape index (κ3) is 6.74. The SMILES string of the molecule is CCOC(=O)/C=C(\OC)C(C)Oc1ccc(Oc2ccc(C(F)(F)F)cc2)cc1. The molecule has 0 N–H and O–H groups in total. The lowest BCUT2D eigenvalue weighted by molar-refractivity contribution is -0.138. The summed E-state index contributed by atoms with van der Waals surface area (Å²) in [6.45, 7) is 3.66. The van der Waals surface area contributed by atoms with E-state index in [1.165, 1.54) is 25.3 Å². The van der Waals surface area contributed by atoms with Gasteiger partial charge in [0, 0.05) is 0 Å². The Morgan fingerprint density at radius 3 is 2.00 bits per heavy atom. The summed E-state index contributed by atoms with van der Waals surface area (Å²) in [6, 6.07) is 10.9. The first-order valence-electron chi connectivity index (χ1n) is 8.77. The van der Waals surface area contributed by atoms with E-state index in [1.54, 1.807) is 38.1 Å². The molecule has 0 saturated heterocycles. The van der Waals surface area contributed by atoms with Crippen LogP contribution in [0.15, 0.2) is 60.4 Å². The lowest BCUT2D eigenvalue weighted by Crippen LogP contribution is -2.18. The van der Waals surface area contributed by atoms with Crippen LogP contribution in [0.4, 0.5) is 13.2 Å². The van der Waals surface area contributed by atoms with Crippen LogP contribution in [-0.4, -0.2) is 25.8 Å². The van der Waals surface area contributed by atoms with Gasteiger partial charge in [0.2, 0.25) is 0 Å². The van der Waals surface area contributed by atoms with E-state index in [-0.39, 0.29) is 12.4 Å². The minimum atomic E-state index is -4.39. The molecule has 0 fully saturated rings. The Bertz CT molecular complexity index is 827. The number of ether oxygens (including phenoxy) is 4. The van der Waals surface area contributed by atoms with Crippen molar-refractivity contribution in [1.29, 1.82) is 0 Å². The Labute approximate surface area is 166 Å². The first-order chi connectivity index (χ1) is 13.7. The molecule has 0 aliphatic rings. The highest BCUT2D eigenvalue weighted by Gasteiger charge is 2.30. The molecular weight excluding hydrogens is 389 g/mol. The van der Waals surface area contributed by atoms with Crippen molar-refractivity contribution in [3.05, 3.63) is 65.9 Å². The molecule has 0 radical (unpaired) electrons. The van der Waals surface area contributed by atoms with Crippen molar-refractivity contribution >= 4 is 5.97 Å². The van der Waals surface area contributed by atoms with E-state index < -0.39 is 23.8 Å². The van der Waals surface area contributed by atoms with E-state index in [0.717, 1.165) is 12.1 Å². The quantitative estimate of drug-likeness (QED) is 0.333. The molecule has 2 aromatic rings. The minimum absolute atomic E-state index is 0.252. The fourth-order valence-electron chi connectivity index (χ4n) is 2.34. The molecule has 0 saturated carbocycles. The van der Waals surface area contributed by atoms with Gasteiger partial charge in [0.1, 0.15) is 23.0 Å². The van der Waals surface area contributed by atoms with Crippen molar-refractivity contribution in [2.24, 2.45) is 0 Å². The maximum atomic E-state index is 12.6. The van der Waals surface area contributed by atoms with E-state index >= 15 is 0 Å². The van der Waals surface area contributed by atoms with Gasteiger partial charge in [-0.25, -0.2) is 4.79 Å². The third-order valence-corrected chi connectivity index (χ3v) is 3.74. The van der Waals surface area contributed by atoms with E-state index in [2.05, 4.69) is 0 Å². The number of alkyl halides is 3. The smallest absolute Gasteiger partial charge is 0.416 e. The summed E-state index contributed by atoms with van der Waals surface area (Å²) in [5.74, 6) is 0.968. The Balaban J connectivity index is 2.00. The summed E-state index contributed by atoms with van der Waals surface area (Å²) in [5.41, 5.74) is -0.743. The highest BCUT2D eigenvalue weighted by Crippen LogP contribution is 2.31. The number of halogens is 3. The van der Waals surface area contributed by atoms with Crippen molar-refractivity contribution in [2.45, 2.75) is 26.1 Å². The summed E-state index contributed by atoms with van der Waals surface area (Å²) in [4.78, 5) is 11.6. The van der Waals surface area contributed by atoms with Crippen LogP contribution in [0.5, 0.6) is 17.2 Å². The summed E-state index contributed by atoms with van der Waals surface area (Å²) in [7, 11) is 1.42. The minimum Gasteiger partial charge on any atom is -0.497 e. The number of rotatable bonds is 8. The number of methoxy groups -OCH3 is 1. The normalized spacial score (nSPS) is 12.8. The zero-order valence-corrected chi connectivity index (χ0v) is 16.2. The van der Waals surface area contributed by atoms with Gasteiger partial charge in [0.15, 0.2) is 6.10 Å². The summed E-state index contributed by atoms with van der Waals surface area (Å²) < 4.78 is 59.0. The second-order valence-corrected chi connectivity index (χ2v) is 5.86. The molecule has 0 spiro atoms. The fraction of sp³-hybridized carbons (Fsp3) is 0.286. The number of hydrogen-bond acceptors (Lipinski definition) is 5. The van der Waals surface area contributed by atoms with Crippen molar-refractivity contribution in [3.8, 4) is 17.2 Å². The Hall–Kier alpha value is -3.16. The molecule has 1 unspecified atom stereocenters. The predicted molar refractivity (Wildman–Crippen MR) is 99.8 cm³/mol. The molecule has 29 heavy (non-hydrogen) atoms. The molecule has 0 aromatic heterocycles. The number of benzene rings is 2. The van der Waals surface area contributed by atoms with Gasteiger partial charge in [0.25, 0.3) is 0 Å². The van der Waals surface area contributed by atoms with Crippen molar-refractivity contribution < 1.29 is 36.9 Å². The average molecular weight is 410 g/mol. The topological polar surface area (TPSA) is 54.0 Å². The van der Waals surface area contributed by atoms with Crippen LogP contribution in [0.1, 0.15) is 19.4 Å². The zero-order chi connectivity index (χ0) is 21.4.